The molecule has 7 heteroatoms. The van der Waals surface area contributed by atoms with Crippen LogP contribution in [0.3, 0.4) is 0 Å². The fourth-order valence-electron chi connectivity index (χ4n) is 3.17. The molecule has 1 amide bonds. The second-order valence-corrected chi connectivity index (χ2v) is 6.69. The zero-order chi connectivity index (χ0) is 17.1. The molecule has 142 valence electrons. The van der Waals surface area contributed by atoms with E-state index in [1.54, 1.807) is 6.07 Å². The molecule has 1 fully saturated rings. The van der Waals surface area contributed by atoms with Crippen LogP contribution in [0.15, 0.2) is 42.5 Å². The number of carbonyl (C=O) groups excluding carboxylic acids is 1. The van der Waals surface area contributed by atoms with Gasteiger partial charge in [-0.2, -0.15) is 0 Å². The average molecular weight is 417 g/mol. The van der Waals surface area contributed by atoms with Crippen molar-refractivity contribution in [2.24, 2.45) is 0 Å². The van der Waals surface area contributed by atoms with Crippen LogP contribution >= 0.6 is 36.4 Å². The van der Waals surface area contributed by atoms with Crippen molar-refractivity contribution in [3.05, 3.63) is 58.6 Å². The lowest BCUT2D eigenvalue weighted by Gasteiger charge is -2.35. The third-order valence-electron chi connectivity index (χ3n) is 4.46. The van der Waals surface area contributed by atoms with Crippen LogP contribution in [0.5, 0.6) is 0 Å². The maximum Gasteiger partial charge on any atom is 0.251 e. The number of aryl methyl sites for hydroxylation is 1. The van der Waals surface area contributed by atoms with Gasteiger partial charge < -0.3 is 16.0 Å². The van der Waals surface area contributed by atoms with E-state index in [9.17, 15) is 4.79 Å². The summed E-state index contributed by atoms with van der Waals surface area (Å²) in [6.45, 7) is 3.63. The van der Waals surface area contributed by atoms with Crippen molar-refractivity contribution >= 4 is 53.7 Å². The molecule has 0 aliphatic carbocycles. The molecule has 1 aliphatic heterocycles. The summed E-state index contributed by atoms with van der Waals surface area (Å²) in [5.41, 5.74) is 9.01. The van der Waals surface area contributed by atoms with Crippen LogP contribution < -0.4 is 16.0 Å². The van der Waals surface area contributed by atoms with Crippen molar-refractivity contribution in [1.82, 2.24) is 5.32 Å². The highest BCUT2D eigenvalue weighted by atomic mass is 35.5. The number of nitrogens with two attached hydrogens (primary N) is 1. The van der Waals surface area contributed by atoms with Gasteiger partial charge in [0.15, 0.2) is 0 Å². The van der Waals surface area contributed by atoms with E-state index in [1.807, 2.05) is 43.3 Å². The molecule has 3 rings (SSSR count). The summed E-state index contributed by atoms with van der Waals surface area (Å²) in [5, 5.41) is 3.89. The Morgan fingerprint density at radius 2 is 1.96 bits per heavy atom. The number of anilines is 2. The highest BCUT2D eigenvalue weighted by Crippen LogP contribution is 2.28. The monoisotopic (exact) mass is 415 g/mol. The van der Waals surface area contributed by atoms with Gasteiger partial charge >= 0.3 is 0 Å². The lowest BCUT2D eigenvalue weighted by Crippen LogP contribution is -2.48. The molecule has 0 radical (unpaired) electrons. The molecule has 0 bridgehead atoms. The lowest BCUT2D eigenvalue weighted by molar-refractivity contribution is 0.0932. The minimum absolute atomic E-state index is 0. The molecule has 1 saturated heterocycles. The number of amides is 1. The number of piperidine rings is 1. The van der Waals surface area contributed by atoms with Crippen molar-refractivity contribution in [3.8, 4) is 0 Å². The summed E-state index contributed by atoms with van der Waals surface area (Å²) in [6.07, 6.45) is 1.99. The predicted molar refractivity (Wildman–Crippen MR) is 114 cm³/mol. The average Bonchev–Trinajstić information content (AvgIpc) is 2.57. The Balaban J connectivity index is 0.00000169. The first-order valence-corrected chi connectivity index (χ1v) is 8.59. The number of carbonyl (C=O) groups is 1. The van der Waals surface area contributed by atoms with Gasteiger partial charge in [0.1, 0.15) is 0 Å². The zero-order valence-corrected chi connectivity index (χ0v) is 17.0. The van der Waals surface area contributed by atoms with Crippen LogP contribution in [0.2, 0.25) is 5.02 Å². The maximum absolute atomic E-state index is 12.6. The van der Waals surface area contributed by atoms with Gasteiger partial charge in [-0.05, 0) is 49.6 Å². The first-order chi connectivity index (χ1) is 11.5. The molecular formula is C19H24Cl3N3O. The molecule has 1 unspecified atom stereocenters. The van der Waals surface area contributed by atoms with E-state index in [0.717, 1.165) is 42.2 Å². The SMILES string of the molecule is Cc1ccc(N)cc1C(=O)NC1CCCN(c2ccccc2Cl)C1.Cl.Cl. The van der Waals surface area contributed by atoms with Crippen molar-refractivity contribution in [1.29, 1.82) is 0 Å². The Kier molecular flexibility index (Phi) is 8.54. The Bertz CT molecular complexity index is 755. The number of benzene rings is 2. The first-order valence-electron chi connectivity index (χ1n) is 8.21. The van der Waals surface area contributed by atoms with Gasteiger partial charge in [0.25, 0.3) is 5.91 Å². The number of para-hydroxylation sites is 1. The molecule has 4 nitrogen and oxygen atoms in total. The normalized spacial score (nSPS) is 16.2. The second kappa shape index (κ2) is 9.91. The molecule has 0 aromatic heterocycles. The van der Waals surface area contributed by atoms with Crippen molar-refractivity contribution in [3.63, 3.8) is 0 Å². The number of hydrogen-bond donors (Lipinski definition) is 2. The number of rotatable bonds is 3. The number of nitrogens with zero attached hydrogens (tertiary/aromatic N) is 1. The third kappa shape index (κ3) is 5.19. The van der Waals surface area contributed by atoms with Gasteiger partial charge in [-0.3, -0.25) is 4.79 Å². The van der Waals surface area contributed by atoms with E-state index in [4.69, 9.17) is 17.3 Å². The molecule has 1 atom stereocenters. The van der Waals surface area contributed by atoms with Gasteiger partial charge in [-0.1, -0.05) is 29.8 Å². The molecule has 0 saturated carbocycles. The van der Waals surface area contributed by atoms with Crippen molar-refractivity contribution < 1.29 is 4.79 Å². The molecule has 1 heterocycles. The summed E-state index contributed by atoms with van der Waals surface area (Å²) in [7, 11) is 0. The Hall–Kier alpha value is -1.62. The Labute approximate surface area is 171 Å². The zero-order valence-electron chi connectivity index (χ0n) is 14.6. The predicted octanol–water partition coefficient (Wildman–Crippen LogP) is 4.47. The highest BCUT2D eigenvalue weighted by Gasteiger charge is 2.23. The van der Waals surface area contributed by atoms with E-state index in [1.165, 1.54) is 0 Å². The van der Waals surface area contributed by atoms with Crippen LogP contribution in [0.1, 0.15) is 28.8 Å². The summed E-state index contributed by atoms with van der Waals surface area (Å²) < 4.78 is 0. The quantitative estimate of drug-likeness (QED) is 0.726. The number of nitrogens with one attached hydrogen (secondary N) is 1. The third-order valence-corrected chi connectivity index (χ3v) is 4.78. The number of hydrogen-bond acceptors (Lipinski definition) is 3. The van der Waals surface area contributed by atoms with Crippen LogP contribution in [0, 0.1) is 6.92 Å². The molecule has 26 heavy (non-hydrogen) atoms. The first kappa shape index (κ1) is 22.4. The fraction of sp³-hybridized carbons (Fsp3) is 0.316. The summed E-state index contributed by atoms with van der Waals surface area (Å²) in [4.78, 5) is 14.8. The van der Waals surface area contributed by atoms with E-state index in [-0.39, 0.29) is 36.8 Å². The van der Waals surface area contributed by atoms with Gasteiger partial charge in [-0.25, -0.2) is 0 Å². The van der Waals surface area contributed by atoms with E-state index < -0.39 is 0 Å². The highest BCUT2D eigenvalue weighted by molar-refractivity contribution is 6.33. The Morgan fingerprint density at radius 3 is 2.69 bits per heavy atom. The smallest absolute Gasteiger partial charge is 0.251 e. The molecular weight excluding hydrogens is 393 g/mol. The molecule has 3 N–H and O–H groups in total. The maximum atomic E-state index is 12.6. The van der Waals surface area contributed by atoms with Crippen LogP contribution in [0.25, 0.3) is 0 Å². The van der Waals surface area contributed by atoms with E-state index in [2.05, 4.69) is 10.2 Å². The minimum atomic E-state index is -0.0641. The lowest BCUT2D eigenvalue weighted by atomic mass is 10.0. The topological polar surface area (TPSA) is 58.4 Å². The number of nitrogen functional groups attached to an aromatic ring is 1. The molecule has 0 spiro atoms. The molecule has 2 aromatic carbocycles. The summed E-state index contributed by atoms with van der Waals surface area (Å²) >= 11 is 6.30. The Morgan fingerprint density at radius 1 is 1.23 bits per heavy atom. The van der Waals surface area contributed by atoms with Crippen LogP contribution in [0.4, 0.5) is 11.4 Å². The van der Waals surface area contributed by atoms with Gasteiger partial charge in [0, 0.05) is 30.4 Å². The van der Waals surface area contributed by atoms with E-state index in [0.29, 0.717) is 11.3 Å². The minimum Gasteiger partial charge on any atom is -0.399 e. The summed E-state index contributed by atoms with van der Waals surface area (Å²) in [6, 6.07) is 13.4. The second-order valence-electron chi connectivity index (χ2n) is 6.28. The summed E-state index contributed by atoms with van der Waals surface area (Å²) in [5.74, 6) is -0.0641. The van der Waals surface area contributed by atoms with Crippen LogP contribution in [-0.2, 0) is 0 Å². The standard InChI is InChI=1S/C19H22ClN3O.2ClH/c1-13-8-9-14(21)11-16(13)19(24)22-15-5-4-10-23(12-15)18-7-3-2-6-17(18)20;;/h2-3,6-9,11,15H,4-5,10,12,21H2,1H3,(H,22,24);2*1H. The van der Waals surface area contributed by atoms with Crippen molar-refractivity contribution in [2.75, 3.05) is 23.7 Å². The number of halogens is 3. The largest absolute Gasteiger partial charge is 0.399 e. The fourth-order valence-corrected chi connectivity index (χ4v) is 3.42. The van der Waals surface area contributed by atoms with Gasteiger partial charge in [0.05, 0.1) is 10.7 Å². The van der Waals surface area contributed by atoms with Gasteiger partial charge in [0.2, 0.25) is 0 Å². The molecule has 2 aromatic rings. The molecule has 1 aliphatic rings. The van der Waals surface area contributed by atoms with Crippen molar-refractivity contribution in [2.45, 2.75) is 25.8 Å². The van der Waals surface area contributed by atoms with Crippen LogP contribution in [-0.4, -0.2) is 25.0 Å². The van der Waals surface area contributed by atoms with Gasteiger partial charge in [-0.15, -0.1) is 24.8 Å². The van der Waals surface area contributed by atoms with E-state index >= 15 is 0 Å².